The van der Waals surface area contributed by atoms with E-state index in [0.29, 0.717) is 12.0 Å². The Hall–Kier alpha value is -1.29. The number of ketones is 1. The molecule has 2 nitrogen and oxygen atoms in total. The molecule has 1 heterocycles. The summed E-state index contributed by atoms with van der Waals surface area (Å²) in [6, 6.07) is 3.15. The minimum absolute atomic E-state index is 0.0199. The van der Waals surface area contributed by atoms with Gasteiger partial charge >= 0.3 is 0 Å². The Morgan fingerprint density at radius 2 is 1.94 bits per heavy atom. The largest absolute Gasteiger partial charge is 0.367 e. The molecule has 1 aromatic carbocycles. The summed E-state index contributed by atoms with van der Waals surface area (Å²) in [7, 11) is 0. The van der Waals surface area contributed by atoms with Crippen molar-refractivity contribution in [2.45, 2.75) is 38.4 Å². The summed E-state index contributed by atoms with van der Waals surface area (Å²) in [6.07, 6.45) is 1.24. The number of carbonyl (C=O) groups is 1. The molecule has 1 aromatic rings. The van der Waals surface area contributed by atoms with Gasteiger partial charge in [0, 0.05) is 12.5 Å². The van der Waals surface area contributed by atoms with Gasteiger partial charge in [0.15, 0.2) is 5.78 Å². The first-order chi connectivity index (χ1) is 8.04. The Balaban J connectivity index is 2.03. The average molecular weight is 240 g/mol. The molecule has 1 saturated heterocycles. The fraction of sp³-hybridized carbons (Fsp3) is 0.462. The monoisotopic (exact) mass is 240 g/mol. The molecule has 1 aliphatic rings. The highest BCUT2D eigenvalue weighted by atomic mass is 19.1. The molecule has 0 amide bonds. The number of benzene rings is 1. The highest BCUT2D eigenvalue weighted by Gasteiger charge is 2.27. The average Bonchev–Trinajstić information content (AvgIpc) is 2.63. The number of ether oxygens (including phenoxy) is 1. The number of rotatable bonds is 3. The van der Waals surface area contributed by atoms with Gasteiger partial charge in [0.1, 0.15) is 17.7 Å². The van der Waals surface area contributed by atoms with Crippen LogP contribution in [0.25, 0.3) is 0 Å². The maximum atomic E-state index is 12.9. The Morgan fingerprint density at radius 1 is 1.29 bits per heavy atom. The van der Waals surface area contributed by atoms with Crippen molar-refractivity contribution in [3.05, 3.63) is 35.4 Å². The van der Waals surface area contributed by atoms with Gasteiger partial charge < -0.3 is 4.74 Å². The van der Waals surface area contributed by atoms with Gasteiger partial charge in [0.2, 0.25) is 0 Å². The second-order valence-electron chi connectivity index (χ2n) is 4.43. The van der Waals surface area contributed by atoms with Crippen molar-refractivity contribution in [2.75, 3.05) is 0 Å². The van der Waals surface area contributed by atoms with Crippen molar-refractivity contribution >= 4 is 5.78 Å². The lowest BCUT2D eigenvalue weighted by molar-refractivity contribution is -0.128. The molecule has 2 unspecified atom stereocenters. The van der Waals surface area contributed by atoms with Gasteiger partial charge in [-0.3, -0.25) is 4.79 Å². The zero-order valence-corrected chi connectivity index (χ0v) is 9.58. The Labute approximate surface area is 98.6 Å². The summed E-state index contributed by atoms with van der Waals surface area (Å²) in [4.78, 5) is 11.8. The van der Waals surface area contributed by atoms with Crippen LogP contribution in [0.1, 0.15) is 25.3 Å². The van der Waals surface area contributed by atoms with Gasteiger partial charge in [-0.2, -0.15) is 0 Å². The van der Waals surface area contributed by atoms with Crippen molar-refractivity contribution < 1.29 is 18.3 Å². The molecule has 4 heteroatoms. The highest BCUT2D eigenvalue weighted by molar-refractivity contribution is 5.85. The van der Waals surface area contributed by atoms with Crippen LogP contribution in [0.2, 0.25) is 0 Å². The Morgan fingerprint density at radius 3 is 2.47 bits per heavy atom. The summed E-state index contributed by atoms with van der Waals surface area (Å²) >= 11 is 0. The molecule has 0 aliphatic carbocycles. The molecule has 2 atom stereocenters. The third-order valence-electron chi connectivity index (χ3n) is 2.89. The van der Waals surface area contributed by atoms with Crippen LogP contribution in [-0.2, 0) is 16.0 Å². The van der Waals surface area contributed by atoms with Crippen LogP contribution in [0.5, 0.6) is 0 Å². The standard InChI is InChI=1S/C13H14F2O2/c1-8-2-3-13(17-8)12(16)6-9-4-10(14)7-11(15)5-9/h4-5,7-8,13H,2-3,6H2,1H3. The van der Waals surface area contributed by atoms with Crippen molar-refractivity contribution in [3.8, 4) is 0 Å². The third kappa shape index (κ3) is 3.09. The fourth-order valence-electron chi connectivity index (χ4n) is 2.07. The highest BCUT2D eigenvalue weighted by Crippen LogP contribution is 2.21. The number of hydrogen-bond donors (Lipinski definition) is 0. The van der Waals surface area contributed by atoms with Gasteiger partial charge in [-0.25, -0.2) is 8.78 Å². The molecule has 17 heavy (non-hydrogen) atoms. The molecular formula is C13H14F2O2. The van der Waals surface area contributed by atoms with Crippen LogP contribution in [-0.4, -0.2) is 18.0 Å². The molecule has 1 fully saturated rings. The van der Waals surface area contributed by atoms with E-state index in [1.54, 1.807) is 0 Å². The number of hydrogen-bond acceptors (Lipinski definition) is 2. The van der Waals surface area contributed by atoms with Gasteiger partial charge in [-0.05, 0) is 37.5 Å². The van der Waals surface area contributed by atoms with Crippen LogP contribution in [0.4, 0.5) is 8.78 Å². The maximum absolute atomic E-state index is 12.9. The number of carbonyl (C=O) groups excluding carboxylic acids is 1. The van der Waals surface area contributed by atoms with E-state index in [1.807, 2.05) is 6.92 Å². The summed E-state index contributed by atoms with van der Waals surface area (Å²) in [5.74, 6) is -1.43. The predicted molar refractivity (Wildman–Crippen MR) is 58.6 cm³/mol. The van der Waals surface area contributed by atoms with E-state index < -0.39 is 17.7 Å². The molecule has 2 rings (SSSR count). The zero-order chi connectivity index (χ0) is 12.4. The first-order valence-electron chi connectivity index (χ1n) is 5.68. The van der Waals surface area contributed by atoms with E-state index >= 15 is 0 Å². The molecule has 92 valence electrons. The van der Waals surface area contributed by atoms with Gasteiger partial charge in [-0.1, -0.05) is 0 Å². The minimum Gasteiger partial charge on any atom is -0.367 e. The summed E-state index contributed by atoms with van der Waals surface area (Å²) < 4.78 is 31.3. The topological polar surface area (TPSA) is 26.3 Å². The minimum atomic E-state index is -0.659. The fourth-order valence-corrected chi connectivity index (χ4v) is 2.07. The molecule has 0 bridgehead atoms. The molecule has 0 radical (unpaired) electrons. The van der Waals surface area contributed by atoms with Gasteiger partial charge in [-0.15, -0.1) is 0 Å². The van der Waals surface area contributed by atoms with Crippen molar-refractivity contribution in [1.82, 2.24) is 0 Å². The predicted octanol–water partition coefficient (Wildman–Crippen LogP) is 2.64. The quantitative estimate of drug-likeness (QED) is 0.811. The second-order valence-corrected chi connectivity index (χ2v) is 4.43. The molecule has 0 saturated carbocycles. The van der Waals surface area contributed by atoms with E-state index in [4.69, 9.17) is 4.74 Å². The van der Waals surface area contributed by atoms with E-state index in [-0.39, 0.29) is 18.3 Å². The lowest BCUT2D eigenvalue weighted by atomic mass is 10.0. The van der Waals surface area contributed by atoms with Crippen LogP contribution in [0.3, 0.4) is 0 Å². The lowest BCUT2D eigenvalue weighted by Crippen LogP contribution is -2.22. The summed E-state index contributed by atoms with van der Waals surface area (Å²) in [5.41, 5.74) is 0.357. The Kier molecular flexibility index (Phi) is 3.52. The normalized spacial score (nSPS) is 23.9. The second kappa shape index (κ2) is 4.92. The number of halogens is 2. The Bertz CT molecular complexity index is 411. The summed E-state index contributed by atoms with van der Waals surface area (Å²) in [6.45, 7) is 1.91. The zero-order valence-electron chi connectivity index (χ0n) is 9.58. The number of Topliss-reactive ketones (excluding diaryl/α,β-unsaturated/α-hetero) is 1. The van der Waals surface area contributed by atoms with Crippen molar-refractivity contribution in [2.24, 2.45) is 0 Å². The van der Waals surface area contributed by atoms with E-state index in [9.17, 15) is 13.6 Å². The molecular weight excluding hydrogens is 226 g/mol. The molecule has 1 aliphatic heterocycles. The van der Waals surface area contributed by atoms with Gasteiger partial charge in [0.25, 0.3) is 0 Å². The van der Waals surface area contributed by atoms with Crippen LogP contribution in [0.15, 0.2) is 18.2 Å². The first kappa shape index (κ1) is 12.2. The molecule has 0 spiro atoms. The van der Waals surface area contributed by atoms with E-state index in [1.165, 1.54) is 12.1 Å². The first-order valence-corrected chi connectivity index (χ1v) is 5.68. The smallest absolute Gasteiger partial charge is 0.165 e. The maximum Gasteiger partial charge on any atom is 0.165 e. The molecule has 0 N–H and O–H groups in total. The summed E-state index contributed by atoms with van der Waals surface area (Å²) in [5, 5.41) is 0. The van der Waals surface area contributed by atoms with E-state index in [0.717, 1.165) is 12.5 Å². The van der Waals surface area contributed by atoms with Crippen LogP contribution >= 0.6 is 0 Å². The van der Waals surface area contributed by atoms with Crippen molar-refractivity contribution in [3.63, 3.8) is 0 Å². The van der Waals surface area contributed by atoms with E-state index in [2.05, 4.69) is 0 Å². The molecule has 0 aromatic heterocycles. The van der Waals surface area contributed by atoms with Crippen molar-refractivity contribution in [1.29, 1.82) is 0 Å². The third-order valence-corrected chi connectivity index (χ3v) is 2.89. The van der Waals surface area contributed by atoms with Crippen LogP contribution < -0.4 is 0 Å². The van der Waals surface area contributed by atoms with Crippen LogP contribution in [0, 0.1) is 11.6 Å². The SMILES string of the molecule is CC1CCC(C(=O)Cc2cc(F)cc(F)c2)O1. The lowest BCUT2D eigenvalue weighted by Gasteiger charge is -2.10. The van der Waals surface area contributed by atoms with Gasteiger partial charge in [0.05, 0.1) is 6.10 Å².